The van der Waals surface area contributed by atoms with Crippen LogP contribution in [0.4, 0.5) is 0 Å². The number of carbonyl (C=O) groups is 1. The normalized spacial score (nSPS) is 30.5. The topological polar surface area (TPSA) is 20.3 Å². The van der Waals surface area contributed by atoms with Gasteiger partial charge >= 0.3 is 0 Å². The second-order valence-electron chi connectivity index (χ2n) is 5.97. The van der Waals surface area contributed by atoms with Gasteiger partial charge in [0, 0.05) is 6.42 Å². The van der Waals surface area contributed by atoms with Gasteiger partial charge < -0.3 is 0 Å². The van der Waals surface area contributed by atoms with Crippen LogP contribution in [0.15, 0.2) is 0 Å². The Morgan fingerprint density at radius 2 is 1.82 bits per heavy atom. The predicted octanol–water partition coefficient (Wildman–Crippen LogP) is 3.40. The van der Waals surface area contributed by atoms with Crippen LogP contribution in [0.3, 0.4) is 0 Å². The lowest BCUT2D eigenvalue weighted by Crippen LogP contribution is -2.49. The van der Waals surface area contributed by atoms with Gasteiger partial charge in [0.2, 0.25) is 0 Å². The number of ketones is 1. The van der Waals surface area contributed by atoms with E-state index >= 15 is 0 Å². The maximum absolute atomic E-state index is 12.0. The van der Waals surface area contributed by atoms with Gasteiger partial charge in [-0.15, -0.1) is 0 Å². The number of likely N-dealkylation sites (tertiary alicyclic amines) is 1. The number of rotatable bonds is 3. The summed E-state index contributed by atoms with van der Waals surface area (Å²) < 4.78 is 0. The third kappa shape index (κ3) is 2.73. The number of Topliss-reactive ketones (excluding diaryl/α,β-unsaturated/α-hetero) is 1. The van der Waals surface area contributed by atoms with Crippen LogP contribution in [0.2, 0.25) is 0 Å². The zero-order valence-electron chi connectivity index (χ0n) is 11.5. The summed E-state index contributed by atoms with van der Waals surface area (Å²) in [5.74, 6) is 0.511. The second kappa shape index (κ2) is 5.51. The molecule has 0 aromatic rings. The maximum Gasteiger partial charge on any atom is 0.149 e. The molecule has 0 radical (unpaired) electrons. The SMILES string of the molecule is CCC1(CC)CCN(C2CCCCC2=O)CC1. The Kier molecular flexibility index (Phi) is 4.24. The molecule has 0 bridgehead atoms. The lowest BCUT2D eigenvalue weighted by atomic mass is 9.73. The Morgan fingerprint density at radius 3 is 2.35 bits per heavy atom. The van der Waals surface area contributed by atoms with Gasteiger partial charge in [0.25, 0.3) is 0 Å². The Balaban J connectivity index is 1.92. The summed E-state index contributed by atoms with van der Waals surface area (Å²) in [7, 11) is 0. The third-order valence-electron chi connectivity index (χ3n) is 5.32. The van der Waals surface area contributed by atoms with E-state index in [0.29, 0.717) is 11.2 Å². The van der Waals surface area contributed by atoms with E-state index < -0.39 is 0 Å². The quantitative estimate of drug-likeness (QED) is 0.750. The van der Waals surface area contributed by atoms with Crippen molar-refractivity contribution >= 4 is 5.78 Å². The highest BCUT2D eigenvalue weighted by molar-refractivity contribution is 5.84. The molecule has 2 fully saturated rings. The average Bonchev–Trinajstić information content (AvgIpc) is 2.40. The average molecular weight is 237 g/mol. The van der Waals surface area contributed by atoms with Crippen LogP contribution in [0, 0.1) is 5.41 Å². The van der Waals surface area contributed by atoms with Crippen molar-refractivity contribution in [1.82, 2.24) is 4.90 Å². The summed E-state index contributed by atoms with van der Waals surface area (Å²) in [6.45, 7) is 6.95. The van der Waals surface area contributed by atoms with E-state index in [-0.39, 0.29) is 6.04 Å². The first-order chi connectivity index (χ1) is 8.21. The standard InChI is InChI=1S/C15H27NO/c1-3-15(4-2)9-11-16(12-10-15)13-7-5-6-8-14(13)17/h13H,3-12H2,1-2H3. The van der Waals surface area contributed by atoms with Gasteiger partial charge in [0.1, 0.15) is 5.78 Å². The molecular formula is C15H27NO. The summed E-state index contributed by atoms with van der Waals surface area (Å²) in [4.78, 5) is 14.4. The number of hydrogen-bond acceptors (Lipinski definition) is 2. The smallest absolute Gasteiger partial charge is 0.149 e. The number of piperidine rings is 1. The van der Waals surface area contributed by atoms with E-state index in [2.05, 4.69) is 18.7 Å². The van der Waals surface area contributed by atoms with Gasteiger partial charge in [-0.1, -0.05) is 33.1 Å². The fourth-order valence-corrected chi connectivity index (χ4v) is 3.62. The molecule has 1 saturated heterocycles. The van der Waals surface area contributed by atoms with Crippen LogP contribution in [0.5, 0.6) is 0 Å². The Hall–Kier alpha value is -0.370. The highest BCUT2D eigenvalue weighted by Gasteiger charge is 2.36. The van der Waals surface area contributed by atoms with Gasteiger partial charge in [0.05, 0.1) is 6.04 Å². The third-order valence-corrected chi connectivity index (χ3v) is 5.32. The first-order valence-electron chi connectivity index (χ1n) is 7.47. The van der Waals surface area contributed by atoms with Crippen molar-refractivity contribution in [3.63, 3.8) is 0 Å². The monoisotopic (exact) mass is 237 g/mol. The summed E-state index contributed by atoms with van der Waals surface area (Å²) >= 11 is 0. The molecule has 1 heterocycles. The van der Waals surface area contributed by atoms with E-state index in [9.17, 15) is 4.79 Å². The molecule has 0 N–H and O–H groups in total. The van der Waals surface area contributed by atoms with Gasteiger partial charge in [0.15, 0.2) is 0 Å². The molecule has 1 saturated carbocycles. The van der Waals surface area contributed by atoms with Crippen molar-refractivity contribution in [2.75, 3.05) is 13.1 Å². The van der Waals surface area contributed by atoms with Crippen LogP contribution in [-0.2, 0) is 4.79 Å². The Labute approximate surface area is 106 Å². The molecule has 0 spiro atoms. The van der Waals surface area contributed by atoms with Gasteiger partial charge in [-0.3, -0.25) is 9.69 Å². The molecule has 1 aliphatic carbocycles. The Morgan fingerprint density at radius 1 is 1.18 bits per heavy atom. The van der Waals surface area contributed by atoms with Crippen LogP contribution in [0.25, 0.3) is 0 Å². The molecule has 1 aliphatic heterocycles. The molecule has 0 aromatic heterocycles. The molecule has 2 aliphatic rings. The van der Waals surface area contributed by atoms with Crippen LogP contribution < -0.4 is 0 Å². The van der Waals surface area contributed by atoms with Crippen molar-refractivity contribution in [3.8, 4) is 0 Å². The fourth-order valence-electron chi connectivity index (χ4n) is 3.62. The minimum Gasteiger partial charge on any atom is -0.298 e. The van der Waals surface area contributed by atoms with Crippen molar-refractivity contribution in [1.29, 1.82) is 0 Å². The van der Waals surface area contributed by atoms with E-state index in [4.69, 9.17) is 0 Å². The molecule has 98 valence electrons. The zero-order valence-corrected chi connectivity index (χ0v) is 11.5. The summed E-state index contributed by atoms with van der Waals surface area (Å²) in [6, 6.07) is 0.274. The van der Waals surface area contributed by atoms with E-state index in [1.165, 1.54) is 32.1 Å². The number of nitrogens with zero attached hydrogens (tertiary/aromatic N) is 1. The lowest BCUT2D eigenvalue weighted by molar-refractivity contribution is -0.127. The van der Waals surface area contributed by atoms with Crippen molar-refractivity contribution in [3.05, 3.63) is 0 Å². The summed E-state index contributed by atoms with van der Waals surface area (Å²) in [6.07, 6.45) is 9.51. The van der Waals surface area contributed by atoms with Crippen molar-refractivity contribution in [2.45, 2.75) is 71.3 Å². The van der Waals surface area contributed by atoms with E-state index in [0.717, 1.165) is 32.4 Å². The molecule has 0 aromatic carbocycles. The predicted molar refractivity (Wildman–Crippen MR) is 71.1 cm³/mol. The molecule has 2 heteroatoms. The number of carbonyl (C=O) groups excluding carboxylic acids is 1. The van der Waals surface area contributed by atoms with Crippen LogP contribution >= 0.6 is 0 Å². The largest absolute Gasteiger partial charge is 0.298 e. The number of hydrogen-bond donors (Lipinski definition) is 0. The zero-order chi connectivity index (χ0) is 12.3. The highest BCUT2D eigenvalue weighted by atomic mass is 16.1. The highest BCUT2D eigenvalue weighted by Crippen LogP contribution is 2.39. The second-order valence-corrected chi connectivity index (χ2v) is 5.97. The van der Waals surface area contributed by atoms with E-state index in [1.807, 2.05) is 0 Å². The maximum atomic E-state index is 12.0. The lowest BCUT2D eigenvalue weighted by Gasteiger charge is -2.44. The molecular weight excluding hydrogens is 210 g/mol. The van der Waals surface area contributed by atoms with Crippen LogP contribution in [0.1, 0.15) is 65.2 Å². The first-order valence-corrected chi connectivity index (χ1v) is 7.47. The molecule has 17 heavy (non-hydrogen) atoms. The minimum atomic E-state index is 0.274. The molecule has 0 amide bonds. The molecule has 1 atom stereocenters. The van der Waals surface area contributed by atoms with Gasteiger partial charge in [-0.2, -0.15) is 0 Å². The minimum absolute atomic E-state index is 0.274. The Bertz CT molecular complexity index is 260. The van der Waals surface area contributed by atoms with Crippen molar-refractivity contribution in [2.24, 2.45) is 5.41 Å². The van der Waals surface area contributed by atoms with Crippen molar-refractivity contribution < 1.29 is 4.79 Å². The molecule has 2 rings (SSSR count). The fraction of sp³-hybridized carbons (Fsp3) is 0.933. The van der Waals surface area contributed by atoms with Gasteiger partial charge in [-0.25, -0.2) is 0 Å². The van der Waals surface area contributed by atoms with Gasteiger partial charge in [-0.05, 0) is 44.2 Å². The summed E-state index contributed by atoms with van der Waals surface area (Å²) in [5, 5.41) is 0. The molecule has 1 unspecified atom stereocenters. The van der Waals surface area contributed by atoms with E-state index in [1.54, 1.807) is 0 Å². The first kappa shape index (κ1) is 13.1. The summed E-state index contributed by atoms with van der Waals surface area (Å²) in [5.41, 5.74) is 0.578. The molecule has 2 nitrogen and oxygen atoms in total. The van der Waals surface area contributed by atoms with Crippen LogP contribution in [-0.4, -0.2) is 29.8 Å².